The van der Waals surface area contributed by atoms with Crippen LogP contribution < -0.4 is 5.32 Å². The lowest BCUT2D eigenvalue weighted by Crippen LogP contribution is -2.32. The van der Waals surface area contributed by atoms with E-state index in [1.807, 2.05) is 0 Å². The average Bonchev–Trinajstić information content (AvgIpc) is 2.87. The van der Waals surface area contributed by atoms with Crippen molar-refractivity contribution in [2.24, 2.45) is 5.92 Å². The van der Waals surface area contributed by atoms with Crippen LogP contribution in [0.4, 0.5) is 0 Å². The first kappa shape index (κ1) is 14.4. The molecule has 0 radical (unpaired) electrons. The highest BCUT2D eigenvalue weighted by atomic mass is 16.3. The summed E-state index contributed by atoms with van der Waals surface area (Å²) in [4.78, 5) is 25.0. The Bertz CT molecular complexity index is 528. The fourth-order valence-corrected chi connectivity index (χ4v) is 2.44. The molecule has 1 saturated heterocycles. The zero-order chi connectivity index (χ0) is 14.7. The Kier molecular flexibility index (Phi) is 4.27. The summed E-state index contributed by atoms with van der Waals surface area (Å²) in [5.41, 5.74) is 1.30. The molecule has 1 heterocycles. The SMILES string of the molecule is CC(=O)NC[C@H]1CCN(C(=O)c2ccc(O)c(C)c2)C1. The summed E-state index contributed by atoms with van der Waals surface area (Å²) in [6.07, 6.45) is 0.906. The molecule has 0 aromatic heterocycles. The Labute approximate surface area is 118 Å². The normalized spacial score (nSPS) is 18.1. The summed E-state index contributed by atoms with van der Waals surface area (Å²) >= 11 is 0. The number of hydrogen-bond donors (Lipinski definition) is 2. The van der Waals surface area contributed by atoms with E-state index in [2.05, 4.69) is 5.32 Å². The van der Waals surface area contributed by atoms with Crippen molar-refractivity contribution in [3.05, 3.63) is 29.3 Å². The predicted octanol–water partition coefficient (Wildman–Crippen LogP) is 1.30. The number of carbonyl (C=O) groups excluding carboxylic acids is 2. The van der Waals surface area contributed by atoms with Crippen LogP contribution in [0.2, 0.25) is 0 Å². The third-order valence-electron chi connectivity index (χ3n) is 3.66. The third kappa shape index (κ3) is 3.29. The molecule has 1 aromatic rings. The number of aromatic hydroxyl groups is 1. The first-order valence-electron chi connectivity index (χ1n) is 6.80. The van der Waals surface area contributed by atoms with E-state index in [9.17, 15) is 14.7 Å². The molecule has 0 spiro atoms. The maximum Gasteiger partial charge on any atom is 0.253 e. The van der Waals surface area contributed by atoms with Crippen LogP contribution in [0.15, 0.2) is 18.2 Å². The van der Waals surface area contributed by atoms with Gasteiger partial charge in [-0.05, 0) is 43.0 Å². The van der Waals surface area contributed by atoms with E-state index in [1.54, 1.807) is 30.0 Å². The summed E-state index contributed by atoms with van der Waals surface area (Å²) in [6.45, 7) is 5.27. The highest BCUT2D eigenvalue weighted by molar-refractivity contribution is 5.94. The van der Waals surface area contributed by atoms with Crippen molar-refractivity contribution in [3.63, 3.8) is 0 Å². The van der Waals surface area contributed by atoms with Crippen LogP contribution in [0.3, 0.4) is 0 Å². The number of carbonyl (C=O) groups is 2. The molecule has 5 heteroatoms. The maximum atomic E-state index is 12.4. The average molecular weight is 276 g/mol. The predicted molar refractivity (Wildman–Crippen MR) is 75.5 cm³/mol. The smallest absolute Gasteiger partial charge is 0.253 e. The molecule has 2 rings (SSSR count). The van der Waals surface area contributed by atoms with Gasteiger partial charge in [-0.1, -0.05) is 0 Å². The summed E-state index contributed by atoms with van der Waals surface area (Å²) in [5, 5.41) is 12.3. The van der Waals surface area contributed by atoms with Gasteiger partial charge >= 0.3 is 0 Å². The van der Waals surface area contributed by atoms with E-state index in [-0.39, 0.29) is 17.6 Å². The topological polar surface area (TPSA) is 69.6 Å². The summed E-state index contributed by atoms with van der Waals surface area (Å²) in [6, 6.07) is 4.90. The van der Waals surface area contributed by atoms with Gasteiger partial charge in [0.15, 0.2) is 0 Å². The van der Waals surface area contributed by atoms with Crippen LogP contribution in [-0.2, 0) is 4.79 Å². The number of phenols is 1. The molecular formula is C15H20N2O3. The largest absolute Gasteiger partial charge is 0.508 e. The van der Waals surface area contributed by atoms with Crippen molar-refractivity contribution in [2.75, 3.05) is 19.6 Å². The maximum absolute atomic E-state index is 12.4. The van der Waals surface area contributed by atoms with Crippen molar-refractivity contribution in [2.45, 2.75) is 20.3 Å². The number of amides is 2. The first-order valence-corrected chi connectivity index (χ1v) is 6.80. The van der Waals surface area contributed by atoms with Crippen molar-refractivity contribution in [1.82, 2.24) is 10.2 Å². The van der Waals surface area contributed by atoms with E-state index in [4.69, 9.17) is 0 Å². The van der Waals surface area contributed by atoms with E-state index < -0.39 is 0 Å². The van der Waals surface area contributed by atoms with Crippen LogP contribution in [0.5, 0.6) is 5.75 Å². The summed E-state index contributed by atoms with van der Waals surface area (Å²) in [7, 11) is 0. The van der Waals surface area contributed by atoms with E-state index in [0.717, 1.165) is 6.42 Å². The van der Waals surface area contributed by atoms with Gasteiger partial charge in [-0.2, -0.15) is 0 Å². The van der Waals surface area contributed by atoms with Gasteiger partial charge < -0.3 is 15.3 Å². The quantitative estimate of drug-likeness (QED) is 0.874. The van der Waals surface area contributed by atoms with E-state index >= 15 is 0 Å². The molecule has 1 atom stereocenters. The molecule has 1 fully saturated rings. The minimum absolute atomic E-state index is 0.0153. The second kappa shape index (κ2) is 5.94. The van der Waals surface area contributed by atoms with Gasteiger partial charge in [0.05, 0.1) is 0 Å². The highest BCUT2D eigenvalue weighted by Crippen LogP contribution is 2.21. The number of benzene rings is 1. The first-order chi connectivity index (χ1) is 9.47. The van der Waals surface area contributed by atoms with E-state index in [0.29, 0.717) is 36.7 Å². The van der Waals surface area contributed by atoms with E-state index in [1.165, 1.54) is 6.92 Å². The minimum Gasteiger partial charge on any atom is -0.508 e. The second-order valence-electron chi connectivity index (χ2n) is 5.34. The minimum atomic E-state index is -0.0380. The summed E-state index contributed by atoms with van der Waals surface area (Å²) < 4.78 is 0. The van der Waals surface area contributed by atoms with Crippen LogP contribution in [0.25, 0.3) is 0 Å². The number of aryl methyl sites for hydroxylation is 1. The van der Waals surface area contributed by atoms with Gasteiger partial charge in [-0.15, -0.1) is 0 Å². The lowest BCUT2D eigenvalue weighted by molar-refractivity contribution is -0.119. The fourth-order valence-electron chi connectivity index (χ4n) is 2.44. The molecule has 108 valence electrons. The Balaban J connectivity index is 1.97. The molecule has 2 N–H and O–H groups in total. The van der Waals surface area contributed by atoms with Gasteiger partial charge in [-0.3, -0.25) is 9.59 Å². The number of nitrogens with zero attached hydrogens (tertiary/aromatic N) is 1. The Hall–Kier alpha value is -2.04. The number of rotatable bonds is 3. The number of nitrogens with one attached hydrogen (secondary N) is 1. The van der Waals surface area contributed by atoms with Crippen LogP contribution >= 0.6 is 0 Å². The fraction of sp³-hybridized carbons (Fsp3) is 0.467. The van der Waals surface area contributed by atoms with Gasteiger partial charge in [-0.25, -0.2) is 0 Å². The van der Waals surface area contributed by atoms with Gasteiger partial charge in [0, 0.05) is 32.1 Å². The molecule has 1 aliphatic rings. The molecule has 1 aromatic carbocycles. The molecule has 0 aliphatic carbocycles. The zero-order valence-corrected chi connectivity index (χ0v) is 11.8. The Morgan fingerprint density at radius 3 is 2.85 bits per heavy atom. The Morgan fingerprint density at radius 1 is 1.45 bits per heavy atom. The lowest BCUT2D eigenvalue weighted by Gasteiger charge is -2.17. The number of phenolic OH excluding ortho intramolecular Hbond substituents is 1. The lowest BCUT2D eigenvalue weighted by atomic mass is 10.1. The third-order valence-corrected chi connectivity index (χ3v) is 3.66. The van der Waals surface area contributed by atoms with Crippen molar-refractivity contribution < 1.29 is 14.7 Å². The van der Waals surface area contributed by atoms with Gasteiger partial charge in [0.25, 0.3) is 5.91 Å². The van der Waals surface area contributed by atoms with Crippen molar-refractivity contribution >= 4 is 11.8 Å². The monoisotopic (exact) mass is 276 g/mol. The number of hydrogen-bond acceptors (Lipinski definition) is 3. The molecular weight excluding hydrogens is 256 g/mol. The van der Waals surface area contributed by atoms with Crippen LogP contribution in [0, 0.1) is 12.8 Å². The second-order valence-corrected chi connectivity index (χ2v) is 5.34. The van der Waals surface area contributed by atoms with Crippen molar-refractivity contribution in [1.29, 1.82) is 0 Å². The van der Waals surface area contributed by atoms with Crippen LogP contribution in [-0.4, -0.2) is 41.5 Å². The van der Waals surface area contributed by atoms with Gasteiger partial charge in [0.2, 0.25) is 5.91 Å². The van der Waals surface area contributed by atoms with Crippen molar-refractivity contribution in [3.8, 4) is 5.75 Å². The summed E-state index contributed by atoms with van der Waals surface area (Å²) in [5.74, 6) is 0.468. The molecule has 0 saturated carbocycles. The molecule has 2 amide bonds. The van der Waals surface area contributed by atoms with Crippen LogP contribution in [0.1, 0.15) is 29.3 Å². The number of likely N-dealkylation sites (tertiary alicyclic amines) is 1. The standard InChI is InChI=1S/C15H20N2O3/c1-10-7-13(3-4-14(10)19)15(20)17-6-5-12(9-17)8-16-11(2)18/h3-4,7,12,19H,5-6,8-9H2,1-2H3,(H,16,18)/t12-/m1/s1. The molecule has 1 aliphatic heterocycles. The molecule has 5 nitrogen and oxygen atoms in total. The Morgan fingerprint density at radius 2 is 2.20 bits per heavy atom. The highest BCUT2D eigenvalue weighted by Gasteiger charge is 2.27. The molecule has 0 bridgehead atoms. The molecule has 0 unspecified atom stereocenters. The molecule has 20 heavy (non-hydrogen) atoms. The van der Waals surface area contributed by atoms with Gasteiger partial charge in [0.1, 0.15) is 5.75 Å². The zero-order valence-electron chi connectivity index (χ0n) is 11.8.